The summed E-state index contributed by atoms with van der Waals surface area (Å²) in [4.78, 5) is 17.4. The summed E-state index contributed by atoms with van der Waals surface area (Å²) in [7, 11) is -1.54. The van der Waals surface area contributed by atoms with E-state index in [0.717, 1.165) is 35.5 Å². The van der Waals surface area contributed by atoms with E-state index in [-0.39, 0.29) is 16.4 Å². The van der Waals surface area contributed by atoms with Gasteiger partial charge >= 0.3 is 0 Å². The van der Waals surface area contributed by atoms with Crippen molar-refractivity contribution in [1.29, 1.82) is 0 Å². The molecule has 2 aromatic carbocycles. The van der Waals surface area contributed by atoms with Crippen molar-refractivity contribution in [2.24, 2.45) is 7.05 Å². The molecular formula is C21H23N3O3S2. The number of imidazole rings is 1. The Balaban J connectivity index is 1.44. The molecule has 3 aromatic rings. The zero-order valence-corrected chi connectivity index (χ0v) is 17.9. The van der Waals surface area contributed by atoms with Gasteiger partial charge in [0, 0.05) is 25.7 Å². The number of hydrogen-bond donors (Lipinski definition) is 0. The standard InChI is InChI=1S/C21H23N3O3S2/c1-23-19-8-4-3-7-18(19)22-21(23)28-15-20(25)16-9-11-17(12-10-16)29(26,27)24-13-5-2-6-14-24/h3-4,7-12H,2,5-6,13-15H2,1H3. The lowest BCUT2D eigenvalue weighted by Gasteiger charge is -2.25. The summed E-state index contributed by atoms with van der Waals surface area (Å²) < 4.78 is 29.0. The number of carbonyl (C=O) groups is 1. The fourth-order valence-corrected chi connectivity index (χ4v) is 5.93. The highest BCUT2D eigenvalue weighted by atomic mass is 32.2. The zero-order valence-electron chi connectivity index (χ0n) is 16.2. The van der Waals surface area contributed by atoms with Gasteiger partial charge in [0.2, 0.25) is 10.0 Å². The average molecular weight is 430 g/mol. The highest BCUT2D eigenvalue weighted by molar-refractivity contribution is 7.99. The van der Waals surface area contributed by atoms with E-state index in [1.165, 1.54) is 28.2 Å². The van der Waals surface area contributed by atoms with Crippen LogP contribution in [0.15, 0.2) is 58.6 Å². The maximum atomic E-state index is 12.7. The predicted octanol–water partition coefficient (Wildman–Crippen LogP) is 3.72. The Bertz CT molecular complexity index is 1130. The quantitative estimate of drug-likeness (QED) is 0.441. The average Bonchev–Trinajstić information content (AvgIpc) is 3.08. The molecule has 1 aromatic heterocycles. The number of ketones is 1. The Hall–Kier alpha value is -2.16. The number of Topliss-reactive ketones (excluding diaryl/α,β-unsaturated/α-hetero) is 1. The Morgan fingerprint density at radius 2 is 1.72 bits per heavy atom. The molecule has 0 N–H and O–H groups in total. The summed E-state index contributed by atoms with van der Waals surface area (Å²) in [6, 6.07) is 14.1. The Morgan fingerprint density at radius 1 is 1.03 bits per heavy atom. The van der Waals surface area contributed by atoms with E-state index in [9.17, 15) is 13.2 Å². The van der Waals surface area contributed by atoms with Gasteiger partial charge in [-0.25, -0.2) is 13.4 Å². The van der Waals surface area contributed by atoms with Gasteiger partial charge in [0.25, 0.3) is 0 Å². The lowest BCUT2D eigenvalue weighted by molar-refractivity contribution is 0.102. The molecule has 1 saturated heterocycles. The third-order valence-corrected chi connectivity index (χ3v) is 8.15. The fraction of sp³-hybridized carbons (Fsp3) is 0.333. The van der Waals surface area contributed by atoms with Crippen LogP contribution >= 0.6 is 11.8 Å². The molecule has 29 heavy (non-hydrogen) atoms. The Kier molecular flexibility index (Phi) is 5.76. The number of rotatable bonds is 6. The number of fused-ring (bicyclic) bond motifs is 1. The van der Waals surface area contributed by atoms with Gasteiger partial charge < -0.3 is 4.57 Å². The van der Waals surface area contributed by atoms with Crippen LogP contribution in [-0.4, -0.2) is 46.9 Å². The van der Waals surface area contributed by atoms with Gasteiger partial charge in [-0.1, -0.05) is 42.4 Å². The van der Waals surface area contributed by atoms with Crippen LogP contribution in [0.1, 0.15) is 29.6 Å². The summed E-state index contributed by atoms with van der Waals surface area (Å²) in [5.74, 6) is 0.194. The summed E-state index contributed by atoms with van der Waals surface area (Å²) in [6.07, 6.45) is 2.87. The topological polar surface area (TPSA) is 72.3 Å². The number of thioether (sulfide) groups is 1. The smallest absolute Gasteiger partial charge is 0.243 e. The molecule has 0 amide bonds. The van der Waals surface area contributed by atoms with E-state index >= 15 is 0 Å². The molecule has 152 valence electrons. The number of aryl methyl sites for hydroxylation is 1. The first-order valence-corrected chi connectivity index (χ1v) is 12.1. The number of para-hydroxylation sites is 2. The largest absolute Gasteiger partial charge is 0.322 e. The highest BCUT2D eigenvalue weighted by Crippen LogP contribution is 2.24. The van der Waals surface area contributed by atoms with E-state index in [1.54, 1.807) is 12.1 Å². The molecule has 1 fully saturated rings. The molecule has 0 spiro atoms. The van der Waals surface area contributed by atoms with Crippen molar-refractivity contribution in [2.45, 2.75) is 29.3 Å². The number of hydrogen-bond acceptors (Lipinski definition) is 5. The van der Waals surface area contributed by atoms with Crippen molar-refractivity contribution in [3.63, 3.8) is 0 Å². The maximum absolute atomic E-state index is 12.7. The minimum atomic E-state index is -3.48. The van der Waals surface area contributed by atoms with Crippen LogP contribution in [0.3, 0.4) is 0 Å². The molecule has 1 aliphatic rings. The molecule has 6 nitrogen and oxygen atoms in total. The van der Waals surface area contributed by atoms with Crippen molar-refractivity contribution >= 4 is 38.6 Å². The van der Waals surface area contributed by atoms with E-state index in [1.807, 2.05) is 35.9 Å². The van der Waals surface area contributed by atoms with Crippen molar-refractivity contribution in [2.75, 3.05) is 18.8 Å². The molecule has 0 aliphatic carbocycles. The van der Waals surface area contributed by atoms with Gasteiger partial charge in [-0.15, -0.1) is 0 Å². The molecule has 4 rings (SSSR count). The van der Waals surface area contributed by atoms with Crippen LogP contribution in [0, 0.1) is 0 Å². The molecule has 0 atom stereocenters. The first-order valence-electron chi connectivity index (χ1n) is 9.64. The second kappa shape index (κ2) is 8.30. The van der Waals surface area contributed by atoms with Gasteiger partial charge in [-0.05, 0) is 37.1 Å². The van der Waals surface area contributed by atoms with Gasteiger partial charge in [-0.3, -0.25) is 4.79 Å². The highest BCUT2D eigenvalue weighted by Gasteiger charge is 2.26. The SMILES string of the molecule is Cn1c(SCC(=O)c2ccc(S(=O)(=O)N3CCCCC3)cc2)nc2ccccc21. The number of nitrogens with zero attached hydrogens (tertiary/aromatic N) is 3. The third-order valence-electron chi connectivity index (χ3n) is 5.21. The van der Waals surface area contributed by atoms with Crippen molar-refractivity contribution in [3.05, 3.63) is 54.1 Å². The normalized spacial score (nSPS) is 15.6. The van der Waals surface area contributed by atoms with E-state index in [2.05, 4.69) is 4.98 Å². The van der Waals surface area contributed by atoms with Gasteiger partial charge in [0.05, 0.1) is 21.7 Å². The second-order valence-corrected chi connectivity index (χ2v) is 10.0. The molecule has 0 unspecified atom stereocenters. The van der Waals surface area contributed by atoms with Crippen molar-refractivity contribution in [3.8, 4) is 0 Å². The molecular weight excluding hydrogens is 406 g/mol. The van der Waals surface area contributed by atoms with Crippen LogP contribution in [0.2, 0.25) is 0 Å². The lowest BCUT2D eigenvalue weighted by Crippen LogP contribution is -2.35. The number of carbonyl (C=O) groups excluding carboxylic acids is 1. The van der Waals surface area contributed by atoms with Crippen LogP contribution in [0.4, 0.5) is 0 Å². The predicted molar refractivity (Wildman–Crippen MR) is 115 cm³/mol. The van der Waals surface area contributed by atoms with Crippen LogP contribution in [-0.2, 0) is 17.1 Å². The minimum Gasteiger partial charge on any atom is -0.322 e. The monoisotopic (exact) mass is 429 g/mol. The van der Waals surface area contributed by atoms with Crippen LogP contribution < -0.4 is 0 Å². The number of sulfonamides is 1. The Labute approximate surface area is 175 Å². The fourth-order valence-electron chi connectivity index (χ4n) is 3.53. The summed E-state index contributed by atoms with van der Waals surface area (Å²) in [5.41, 5.74) is 2.43. The maximum Gasteiger partial charge on any atom is 0.243 e. The molecule has 8 heteroatoms. The first kappa shape index (κ1) is 20.1. The van der Waals surface area contributed by atoms with Crippen molar-refractivity contribution in [1.82, 2.24) is 13.9 Å². The lowest BCUT2D eigenvalue weighted by atomic mass is 10.1. The van der Waals surface area contributed by atoms with E-state index in [4.69, 9.17) is 0 Å². The summed E-state index contributed by atoms with van der Waals surface area (Å²) >= 11 is 1.38. The zero-order chi connectivity index (χ0) is 20.4. The van der Waals surface area contributed by atoms with E-state index in [0.29, 0.717) is 18.7 Å². The number of benzene rings is 2. The number of aromatic nitrogens is 2. The Morgan fingerprint density at radius 3 is 2.41 bits per heavy atom. The summed E-state index contributed by atoms with van der Waals surface area (Å²) in [6.45, 7) is 1.13. The molecule has 0 saturated carbocycles. The molecule has 1 aliphatic heterocycles. The summed E-state index contributed by atoms with van der Waals surface area (Å²) in [5, 5.41) is 0.781. The molecule has 0 radical (unpaired) electrons. The third kappa shape index (κ3) is 4.10. The minimum absolute atomic E-state index is 0.0519. The second-order valence-electron chi connectivity index (χ2n) is 7.14. The van der Waals surface area contributed by atoms with Gasteiger partial charge in [0.1, 0.15) is 0 Å². The molecule has 0 bridgehead atoms. The van der Waals surface area contributed by atoms with Gasteiger partial charge in [0.15, 0.2) is 10.9 Å². The van der Waals surface area contributed by atoms with Crippen LogP contribution in [0.5, 0.6) is 0 Å². The molecule has 2 heterocycles. The van der Waals surface area contributed by atoms with Gasteiger partial charge in [-0.2, -0.15) is 4.31 Å². The van der Waals surface area contributed by atoms with Crippen molar-refractivity contribution < 1.29 is 13.2 Å². The first-order chi connectivity index (χ1) is 14.0. The number of piperidine rings is 1. The van der Waals surface area contributed by atoms with Crippen LogP contribution in [0.25, 0.3) is 11.0 Å². The van der Waals surface area contributed by atoms with E-state index < -0.39 is 10.0 Å².